The SMILES string of the molecule is O=C(N1C[C@H]2CC=CC[C@H]2C1)C1(c2cccc(F)c2)CCOCC1. The van der Waals surface area contributed by atoms with Crippen molar-refractivity contribution < 1.29 is 13.9 Å². The predicted octanol–water partition coefficient (Wildman–Crippen LogP) is 3.30. The molecular weight excluding hydrogens is 305 g/mol. The number of carbonyl (C=O) groups excluding carboxylic acids is 1. The van der Waals surface area contributed by atoms with E-state index in [2.05, 4.69) is 12.2 Å². The first-order chi connectivity index (χ1) is 11.7. The van der Waals surface area contributed by atoms with Gasteiger partial charge in [-0.1, -0.05) is 24.3 Å². The zero-order valence-electron chi connectivity index (χ0n) is 13.9. The summed E-state index contributed by atoms with van der Waals surface area (Å²) in [5, 5.41) is 0. The minimum Gasteiger partial charge on any atom is -0.381 e. The van der Waals surface area contributed by atoms with Crippen LogP contribution < -0.4 is 0 Å². The molecule has 2 fully saturated rings. The van der Waals surface area contributed by atoms with E-state index in [9.17, 15) is 9.18 Å². The molecule has 3 nitrogen and oxygen atoms in total. The van der Waals surface area contributed by atoms with E-state index in [1.807, 2.05) is 11.0 Å². The molecule has 24 heavy (non-hydrogen) atoms. The van der Waals surface area contributed by atoms with E-state index in [1.54, 1.807) is 6.07 Å². The van der Waals surface area contributed by atoms with Crippen LogP contribution in [0.5, 0.6) is 0 Å². The first kappa shape index (κ1) is 15.8. The van der Waals surface area contributed by atoms with Crippen molar-refractivity contribution in [2.75, 3.05) is 26.3 Å². The monoisotopic (exact) mass is 329 g/mol. The van der Waals surface area contributed by atoms with Gasteiger partial charge in [-0.05, 0) is 55.2 Å². The Labute approximate surface area is 142 Å². The minimum absolute atomic E-state index is 0.172. The topological polar surface area (TPSA) is 29.5 Å². The Hall–Kier alpha value is -1.68. The Kier molecular flexibility index (Phi) is 4.17. The highest BCUT2D eigenvalue weighted by molar-refractivity contribution is 5.88. The van der Waals surface area contributed by atoms with E-state index in [0.29, 0.717) is 37.9 Å². The van der Waals surface area contributed by atoms with Gasteiger partial charge >= 0.3 is 0 Å². The van der Waals surface area contributed by atoms with Gasteiger partial charge in [0.1, 0.15) is 5.82 Å². The van der Waals surface area contributed by atoms with Crippen molar-refractivity contribution in [3.63, 3.8) is 0 Å². The number of hydrogen-bond donors (Lipinski definition) is 0. The first-order valence-corrected chi connectivity index (χ1v) is 8.97. The summed E-state index contributed by atoms with van der Waals surface area (Å²) >= 11 is 0. The molecule has 128 valence electrons. The molecule has 2 saturated heterocycles. The normalized spacial score (nSPS) is 28.6. The van der Waals surface area contributed by atoms with Crippen LogP contribution in [0.2, 0.25) is 0 Å². The lowest BCUT2D eigenvalue weighted by Crippen LogP contribution is -2.49. The maximum Gasteiger partial charge on any atom is 0.233 e. The fraction of sp³-hybridized carbons (Fsp3) is 0.550. The number of likely N-dealkylation sites (tertiary alicyclic amines) is 1. The molecule has 3 aliphatic rings. The number of rotatable bonds is 2. The number of hydrogen-bond acceptors (Lipinski definition) is 2. The molecule has 0 radical (unpaired) electrons. The van der Waals surface area contributed by atoms with Crippen LogP contribution in [0.1, 0.15) is 31.2 Å². The average molecular weight is 329 g/mol. The summed E-state index contributed by atoms with van der Waals surface area (Å²) in [5.74, 6) is 1.07. The van der Waals surface area contributed by atoms with Gasteiger partial charge in [-0.15, -0.1) is 0 Å². The number of benzene rings is 1. The zero-order valence-corrected chi connectivity index (χ0v) is 13.9. The third-order valence-electron chi connectivity index (χ3n) is 6.04. The second-order valence-electron chi connectivity index (χ2n) is 7.38. The van der Waals surface area contributed by atoms with Gasteiger partial charge in [-0.2, -0.15) is 0 Å². The summed E-state index contributed by atoms with van der Waals surface area (Å²) in [6.45, 7) is 2.80. The number of amides is 1. The summed E-state index contributed by atoms with van der Waals surface area (Å²) < 4.78 is 19.3. The Morgan fingerprint density at radius 1 is 1.12 bits per heavy atom. The van der Waals surface area contributed by atoms with Crippen LogP contribution in [-0.2, 0) is 14.9 Å². The van der Waals surface area contributed by atoms with Crippen LogP contribution in [-0.4, -0.2) is 37.1 Å². The highest BCUT2D eigenvalue weighted by Gasteiger charge is 2.47. The molecule has 0 spiro atoms. The average Bonchev–Trinajstić information content (AvgIpc) is 3.06. The number of nitrogens with zero attached hydrogens (tertiary/aromatic N) is 1. The highest BCUT2D eigenvalue weighted by atomic mass is 19.1. The van der Waals surface area contributed by atoms with Crippen molar-refractivity contribution >= 4 is 5.91 Å². The van der Waals surface area contributed by atoms with Crippen molar-refractivity contribution in [1.29, 1.82) is 0 Å². The van der Waals surface area contributed by atoms with Crippen LogP contribution in [0.4, 0.5) is 4.39 Å². The number of halogens is 1. The molecule has 2 atom stereocenters. The lowest BCUT2D eigenvalue weighted by Gasteiger charge is -2.39. The fourth-order valence-electron chi connectivity index (χ4n) is 4.62. The van der Waals surface area contributed by atoms with Gasteiger partial charge in [0.25, 0.3) is 0 Å². The molecule has 1 amide bonds. The van der Waals surface area contributed by atoms with Gasteiger partial charge in [0.15, 0.2) is 0 Å². The van der Waals surface area contributed by atoms with Crippen molar-refractivity contribution in [3.8, 4) is 0 Å². The molecule has 1 aromatic rings. The van der Waals surface area contributed by atoms with E-state index < -0.39 is 5.41 Å². The Morgan fingerprint density at radius 3 is 2.42 bits per heavy atom. The summed E-state index contributed by atoms with van der Waals surface area (Å²) in [6.07, 6.45) is 7.91. The molecule has 1 aromatic carbocycles. The number of carbonyl (C=O) groups is 1. The lowest BCUT2D eigenvalue weighted by molar-refractivity contribution is -0.140. The van der Waals surface area contributed by atoms with Crippen molar-refractivity contribution in [2.24, 2.45) is 11.8 Å². The van der Waals surface area contributed by atoms with Gasteiger partial charge < -0.3 is 9.64 Å². The first-order valence-electron chi connectivity index (χ1n) is 8.97. The van der Waals surface area contributed by atoms with Gasteiger partial charge in [-0.25, -0.2) is 4.39 Å². The molecule has 1 aliphatic carbocycles. The van der Waals surface area contributed by atoms with Crippen molar-refractivity contribution in [1.82, 2.24) is 4.90 Å². The van der Waals surface area contributed by atoms with Gasteiger partial charge in [0.05, 0.1) is 5.41 Å². The van der Waals surface area contributed by atoms with E-state index in [0.717, 1.165) is 31.5 Å². The predicted molar refractivity (Wildman–Crippen MR) is 90.1 cm³/mol. The summed E-state index contributed by atoms with van der Waals surface area (Å²) in [6, 6.07) is 6.59. The molecule has 0 saturated carbocycles. The molecule has 4 heteroatoms. The van der Waals surface area contributed by atoms with Crippen LogP contribution in [0.25, 0.3) is 0 Å². The summed E-state index contributed by atoms with van der Waals surface area (Å²) in [4.78, 5) is 15.5. The van der Waals surface area contributed by atoms with Gasteiger partial charge in [0.2, 0.25) is 5.91 Å². The third kappa shape index (κ3) is 2.67. The van der Waals surface area contributed by atoms with Crippen LogP contribution in [0, 0.1) is 17.7 Å². The lowest BCUT2D eigenvalue weighted by atomic mass is 9.73. The standard InChI is InChI=1S/C20H24FNO2/c21-18-7-3-6-17(12-18)20(8-10-24-11-9-20)19(23)22-13-15-4-1-2-5-16(15)14-22/h1-3,6-7,12,15-16H,4-5,8-11,13-14H2/t15-,16+. The molecule has 2 heterocycles. The van der Waals surface area contributed by atoms with E-state index in [-0.39, 0.29) is 11.7 Å². The van der Waals surface area contributed by atoms with Crippen LogP contribution >= 0.6 is 0 Å². The van der Waals surface area contributed by atoms with Crippen LogP contribution in [0.15, 0.2) is 36.4 Å². The number of fused-ring (bicyclic) bond motifs is 1. The molecule has 0 unspecified atom stereocenters. The fourth-order valence-corrected chi connectivity index (χ4v) is 4.62. The number of ether oxygens (including phenoxy) is 1. The molecule has 4 rings (SSSR count). The van der Waals surface area contributed by atoms with Gasteiger partial charge in [-0.3, -0.25) is 4.79 Å². The largest absolute Gasteiger partial charge is 0.381 e. The molecule has 0 N–H and O–H groups in total. The number of allylic oxidation sites excluding steroid dienone is 2. The second kappa shape index (κ2) is 6.32. The quantitative estimate of drug-likeness (QED) is 0.779. The van der Waals surface area contributed by atoms with Crippen molar-refractivity contribution in [3.05, 3.63) is 47.8 Å². The Morgan fingerprint density at radius 2 is 1.79 bits per heavy atom. The Balaban J connectivity index is 1.63. The van der Waals surface area contributed by atoms with E-state index in [1.165, 1.54) is 12.1 Å². The molecule has 2 aliphatic heterocycles. The smallest absolute Gasteiger partial charge is 0.233 e. The third-order valence-corrected chi connectivity index (χ3v) is 6.04. The van der Waals surface area contributed by atoms with Crippen molar-refractivity contribution in [2.45, 2.75) is 31.1 Å². The van der Waals surface area contributed by atoms with E-state index >= 15 is 0 Å². The summed E-state index contributed by atoms with van der Waals surface area (Å²) in [7, 11) is 0. The second-order valence-corrected chi connectivity index (χ2v) is 7.38. The zero-order chi connectivity index (χ0) is 16.6. The Bertz CT molecular complexity index is 635. The summed E-state index contributed by atoms with van der Waals surface area (Å²) in [5.41, 5.74) is 0.185. The molecule has 0 bridgehead atoms. The van der Waals surface area contributed by atoms with Crippen LogP contribution in [0.3, 0.4) is 0 Å². The maximum atomic E-state index is 13.8. The van der Waals surface area contributed by atoms with Gasteiger partial charge in [0, 0.05) is 26.3 Å². The minimum atomic E-state index is -0.624. The molecular formula is C20H24FNO2. The maximum absolute atomic E-state index is 13.8. The van der Waals surface area contributed by atoms with E-state index in [4.69, 9.17) is 4.74 Å². The molecule has 0 aromatic heterocycles. The highest BCUT2D eigenvalue weighted by Crippen LogP contribution is 2.40.